The predicted octanol–water partition coefficient (Wildman–Crippen LogP) is 3.24. The van der Waals surface area contributed by atoms with Crippen molar-refractivity contribution in [3.63, 3.8) is 0 Å². The Balaban J connectivity index is 2.05. The minimum absolute atomic E-state index is 0.0188. The summed E-state index contributed by atoms with van der Waals surface area (Å²) < 4.78 is 14.6. The summed E-state index contributed by atoms with van der Waals surface area (Å²) in [7, 11) is 0. The van der Waals surface area contributed by atoms with E-state index in [1.54, 1.807) is 0 Å². The molecule has 3 unspecified atom stereocenters. The lowest BCUT2D eigenvalue weighted by atomic mass is 9.71. The molecule has 0 bridgehead atoms. The van der Waals surface area contributed by atoms with Crippen molar-refractivity contribution in [2.45, 2.75) is 38.3 Å². The first kappa shape index (κ1) is 23.5. The number of benzene rings is 1. The first-order valence-corrected chi connectivity index (χ1v) is 10.4. The molecule has 3 atom stereocenters. The Kier molecular flexibility index (Phi) is 6.54. The van der Waals surface area contributed by atoms with Crippen LogP contribution >= 0.6 is 0 Å². The summed E-state index contributed by atoms with van der Waals surface area (Å²) in [6.07, 6.45) is 0.488. The number of primary amides is 1. The second kappa shape index (κ2) is 9.17. The van der Waals surface area contributed by atoms with Crippen LogP contribution in [0.15, 0.2) is 30.5 Å². The standard InChI is InChI=1S/C22H24FN7O3/c1-13(2)9-22(12-25)17(10-24)18(7-8-29(22)21(32)33)30-11-16(19(26)31)20(28-30)27-15-5-3-14(23)4-6-15/h3-6,11,13,17-18H,7-9H2,1-2H3,(H2,26,31)(H,27,28)(H,32,33). The summed E-state index contributed by atoms with van der Waals surface area (Å²) in [5, 5.41) is 37.2. The molecule has 4 N–H and O–H groups in total. The van der Waals surface area contributed by atoms with E-state index in [4.69, 9.17) is 5.73 Å². The van der Waals surface area contributed by atoms with Crippen LogP contribution in [0.4, 0.5) is 20.7 Å². The number of nitrogens with zero attached hydrogens (tertiary/aromatic N) is 5. The number of nitrogens with two attached hydrogens (primary N) is 1. The zero-order valence-electron chi connectivity index (χ0n) is 18.2. The molecule has 3 rings (SSSR count). The second-order valence-electron chi connectivity index (χ2n) is 8.40. The molecule has 2 heterocycles. The lowest BCUT2D eigenvalue weighted by Gasteiger charge is -2.47. The van der Waals surface area contributed by atoms with E-state index >= 15 is 0 Å². The molecule has 1 aromatic heterocycles. The van der Waals surface area contributed by atoms with Crippen LogP contribution in [-0.4, -0.2) is 43.9 Å². The van der Waals surface area contributed by atoms with Crippen molar-refractivity contribution in [2.75, 3.05) is 11.9 Å². The molecular formula is C22H24FN7O3. The Morgan fingerprint density at radius 2 is 2.03 bits per heavy atom. The Morgan fingerprint density at radius 3 is 2.55 bits per heavy atom. The number of amides is 2. The molecule has 172 valence electrons. The number of piperidine rings is 1. The third kappa shape index (κ3) is 4.44. The molecule has 2 amide bonds. The summed E-state index contributed by atoms with van der Waals surface area (Å²) in [5.41, 5.74) is 4.44. The number of hydrogen-bond acceptors (Lipinski definition) is 6. The van der Waals surface area contributed by atoms with Crippen molar-refractivity contribution in [2.24, 2.45) is 17.6 Å². The molecule has 1 saturated heterocycles. The highest BCUT2D eigenvalue weighted by molar-refractivity contribution is 5.98. The van der Waals surface area contributed by atoms with Crippen LogP contribution in [0.5, 0.6) is 0 Å². The molecular weight excluding hydrogens is 429 g/mol. The number of aromatic nitrogens is 2. The summed E-state index contributed by atoms with van der Waals surface area (Å²) in [6, 6.07) is 8.97. The monoisotopic (exact) mass is 453 g/mol. The van der Waals surface area contributed by atoms with Gasteiger partial charge >= 0.3 is 6.09 Å². The number of carbonyl (C=O) groups excluding carboxylic acids is 1. The number of carboxylic acid groups (broad SMARTS) is 1. The molecule has 1 aliphatic rings. The quantitative estimate of drug-likeness (QED) is 0.605. The Labute approximate surface area is 190 Å². The summed E-state index contributed by atoms with van der Waals surface area (Å²) in [4.78, 5) is 25.0. The second-order valence-corrected chi connectivity index (χ2v) is 8.40. The molecule has 0 radical (unpaired) electrons. The Morgan fingerprint density at radius 1 is 1.36 bits per heavy atom. The topological polar surface area (TPSA) is 161 Å². The van der Waals surface area contributed by atoms with E-state index in [0.29, 0.717) is 5.69 Å². The normalized spacial score (nSPS) is 22.4. The van der Waals surface area contributed by atoms with E-state index < -0.39 is 35.3 Å². The summed E-state index contributed by atoms with van der Waals surface area (Å²) in [6.45, 7) is 3.72. The Bertz CT molecular complexity index is 1130. The van der Waals surface area contributed by atoms with Gasteiger partial charge in [0.2, 0.25) is 0 Å². The highest BCUT2D eigenvalue weighted by atomic mass is 19.1. The largest absolute Gasteiger partial charge is 0.465 e. The van der Waals surface area contributed by atoms with Crippen LogP contribution in [0.2, 0.25) is 0 Å². The highest BCUT2D eigenvalue weighted by Crippen LogP contribution is 2.44. The average Bonchev–Trinajstić information content (AvgIpc) is 3.18. The summed E-state index contributed by atoms with van der Waals surface area (Å²) in [5.74, 6) is -2.19. The number of nitriles is 2. The van der Waals surface area contributed by atoms with Gasteiger partial charge in [0.1, 0.15) is 17.3 Å². The minimum Gasteiger partial charge on any atom is -0.465 e. The van der Waals surface area contributed by atoms with Gasteiger partial charge in [0.05, 0.1) is 18.2 Å². The Hall–Kier alpha value is -4.12. The van der Waals surface area contributed by atoms with E-state index in [0.717, 1.165) is 4.90 Å². The molecule has 1 fully saturated rings. The summed E-state index contributed by atoms with van der Waals surface area (Å²) >= 11 is 0. The maximum Gasteiger partial charge on any atom is 0.408 e. The van der Waals surface area contributed by atoms with Crippen molar-refractivity contribution in [1.29, 1.82) is 10.5 Å². The van der Waals surface area contributed by atoms with Crippen molar-refractivity contribution in [1.82, 2.24) is 14.7 Å². The number of halogens is 1. The van der Waals surface area contributed by atoms with Crippen molar-refractivity contribution < 1.29 is 19.1 Å². The van der Waals surface area contributed by atoms with Gasteiger partial charge in [-0.25, -0.2) is 9.18 Å². The molecule has 0 spiro atoms. The number of rotatable bonds is 6. The maximum absolute atomic E-state index is 13.2. The zero-order chi connectivity index (χ0) is 24.3. The first-order chi connectivity index (χ1) is 15.6. The fourth-order valence-corrected chi connectivity index (χ4v) is 4.40. The highest BCUT2D eigenvalue weighted by Gasteiger charge is 2.54. The van der Waals surface area contributed by atoms with Crippen LogP contribution in [0.25, 0.3) is 0 Å². The van der Waals surface area contributed by atoms with Crippen LogP contribution < -0.4 is 11.1 Å². The number of hydrogen-bond donors (Lipinski definition) is 3. The van der Waals surface area contributed by atoms with E-state index in [1.165, 1.54) is 35.1 Å². The number of carbonyl (C=O) groups is 2. The number of anilines is 2. The van der Waals surface area contributed by atoms with Crippen molar-refractivity contribution >= 4 is 23.5 Å². The van der Waals surface area contributed by atoms with Gasteiger partial charge in [-0.3, -0.25) is 14.4 Å². The van der Waals surface area contributed by atoms with Crippen LogP contribution in [0.3, 0.4) is 0 Å². The van der Waals surface area contributed by atoms with Gasteiger partial charge in [-0.1, -0.05) is 13.8 Å². The van der Waals surface area contributed by atoms with E-state index in [9.17, 15) is 29.6 Å². The number of nitrogens with one attached hydrogen (secondary N) is 1. The third-order valence-corrected chi connectivity index (χ3v) is 5.76. The van der Waals surface area contributed by atoms with Gasteiger partial charge in [-0.2, -0.15) is 15.6 Å². The fourth-order valence-electron chi connectivity index (χ4n) is 4.40. The zero-order valence-corrected chi connectivity index (χ0v) is 18.2. The van der Waals surface area contributed by atoms with Gasteiger partial charge < -0.3 is 16.2 Å². The van der Waals surface area contributed by atoms with Gasteiger partial charge in [0.25, 0.3) is 5.91 Å². The molecule has 33 heavy (non-hydrogen) atoms. The molecule has 11 heteroatoms. The van der Waals surface area contributed by atoms with Crippen LogP contribution in [-0.2, 0) is 0 Å². The third-order valence-electron chi connectivity index (χ3n) is 5.76. The van der Waals surface area contributed by atoms with E-state index in [-0.39, 0.29) is 36.7 Å². The first-order valence-electron chi connectivity index (χ1n) is 10.4. The lowest BCUT2D eigenvalue weighted by Crippen LogP contribution is -2.61. The fraction of sp³-hybridized carbons (Fsp3) is 0.409. The maximum atomic E-state index is 13.2. The van der Waals surface area contributed by atoms with E-state index in [2.05, 4.69) is 22.6 Å². The van der Waals surface area contributed by atoms with E-state index in [1.807, 2.05) is 13.8 Å². The molecule has 2 aromatic rings. The van der Waals surface area contributed by atoms with Crippen molar-refractivity contribution in [3.05, 3.63) is 41.8 Å². The average molecular weight is 453 g/mol. The van der Waals surface area contributed by atoms with Gasteiger partial charge in [0, 0.05) is 18.4 Å². The SMILES string of the molecule is CC(C)CC1(C#N)C(C#N)C(n2cc(C(N)=O)c(Nc3ccc(F)cc3)n2)CCN1C(=O)O. The van der Waals surface area contributed by atoms with Gasteiger partial charge in [0.15, 0.2) is 11.4 Å². The lowest BCUT2D eigenvalue weighted by molar-refractivity contribution is 0.0187. The van der Waals surface area contributed by atoms with Crippen molar-refractivity contribution in [3.8, 4) is 12.1 Å². The molecule has 1 aliphatic heterocycles. The van der Waals surface area contributed by atoms with Crippen LogP contribution in [0.1, 0.15) is 43.1 Å². The predicted molar refractivity (Wildman–Crippen MR) is 116 cm³/mol. The molecule has 0 saturated carbocycles. The molecule has 1 aromatic carbocycles. The van der Waals surface area contributed by atoms with Gasteiger partial charge in [-0.05, 0) is 43.0 Å². The minimum atomic E-state index is -1.58. The van der Waals surface area contributed by atoms with Crippen LogP contribution in [0, 0.1) is 40.3 Å². The molecule has 10 nitrogen and oxygen atoms in total. The van der Waals surface area contributed by atoms with Gasteiger partial charge in [-0.15, -0.1) is 0 Å². The number of likely N-dealkylation sites (tertiary alicyclic amines) is 1. The molecule has 0 aliphatic carbocycles. The smallest absolute Gasteiger partial charge is 0.408 e.